The van der Waals surface area contributed by atoms with Crippen molar-refractivity contribution in [2.24, 2.45) is 0 Å². The molecule has 0 heterocycles. The van der Waals surface area contributed by atoms with Crippen molar-refractivity contribution in [2.75, 3.05) is 70.3 Å². The first-order valence-corrected chi connectivity index (χ1v) is 21.8. The number of anilines is 2. The maximum atomic E-state index is 13.9. The van der Waals surface area contributed by atoms with Gasteiger partial charge < -0.3 is 51.7 Å². The molecule has 0 aliphatic carbocycles. The van der Waals surface area contributed by atoms with Crippen molar-refractivity contribution in [3.05, 3.63) is 43.7 Å². The van der Waals surface area contributed by atoms with Crippen LogP contribution in [-0.4, -0.2) is 142 Å². The van der Waals surface area contributed by atoms with Crippen LogP contribution in [0.2, 0.25) is 0 Å². The van der Waals surface area contributed by atoms with Crippen LogP contribution >= 0.6 is 136 Å². The molecule has 0 saturated heterocycles. The van der Waals surface area contributed by atoms with E-state index in [1.165, 1.54) is 11.9 Å². The highest BCUT2D eigenvalue weighted by Gasteiger charge is 2.32. The molecule has 0 aliphatic rings. The lowest BCUT2D eigenvalue weighted by atomic mass is 10.1. The third-order valence-electron chi connectivity index (χ3n) is 7.11. The van der Waals surface area contributed by atoms with Crippen LogP contribution in [0.4, 0.5) is 11.4 Å². The van der Waals surface area contributed by atoms with E-state index < -0.39 is 61.4 Å². The summed E-state index contributed by atoms with van der Waals surface area (Å²) in [6, 6.07) is 0. The van der Waals surface area contributed by atoms with Crippen LogP contribution in [0.3, 0.4) is 0 Å². The largest absolute Gasteiger partial charge is 0.396 e. The van der Waals surface area contributed by atoms with Gasteiger partial charge in [0.15, 0.2) is 0 Å². The fraction of sp³-hybridized carbons (Fsp3) is 0.400. The number of rotatable bonds is 18. The van der Waals surface area contributed by atoms with Gasteiger partial charge in [0.1, 0.15) is 13.2 Å². The van der Waals surface area contributed by atoms with Crippen LogP contribution in [0.25, 0.3) is 0 Å². The van der Waals surface area contributed by atoms with E-state index in [0.717, 1.165) is 0 Å². The lowest BCUT2D eigenvalue weighted by Crippen LogP contribution is -2.36. The van der Waals surface area contributed by atoms with Gasteiger partial charge in [-0.05, 0) is 148 Å². The molecule has 0 radical (unpaired) electrons. The minimum absolute atomic E-state index is 0.00552. The maximum Gasteiger partial charge on any atom is 0.279 e. The van der Waals surface area contributed by atoms with Gasteiger partial charge in [-0.3, -0.25) is 34.0 Å². The second kappa shape index (κ2) is 23.7. The third kappa shape index (κ3) is 12.7. The lowest BCUT2D eigenvalue weighted by Gasteiger charge is -2.23. The van der Waals surface area contributed by atoms with Gasteiger partial charge in [0.05, 0.1) is 67.2 Å². The molecule has 1 unspecified atom stereocenters. The molecule has 1 atom stereocenters. The molecule has 0 bridgehead atoms. The van der Waals surface area contributed by atoms with E-state index in [4.69, 9.17) is 10.2 Å². The molecule has 0 aromatic heterocycles. The highest BCUT2D eigenvalue weighted by molar-refractivity contribution is 14.1. The number of benzene rings is 2. The lowest BCUT2D eigenvalue weighted by molar-refractivity contribution is -0.119. The van der Waals surface area contributed by atoms with E-state index in [9.17, 15) is 49.3 Å². The van der Waals surface area contributed by atoms with Crippen LogP contribution in [0, 0.1) is 21.4 Å². The number of hydrogen-bond donors (Lipinski definition) is 10. The summed E-state index contributed by atoms with van der Waals surface area (Å²) >= 11 is 10.9. The van der Waals surface area contributed by atoms with Gasteiger partial charge in [-0.25, -0.2) is 5.06 Å². The molecule has 0 fully saturated rings. The first kappa shape index (κ1) is 49.5. The summed E-state index contributed by atoms with van der Waals surface area (Å²) in [6.45, 7) is -3.01. The van der Waals surface area contributed by atoms with Crippen LogP contribution in [0.5, 0.6) is 0 Å². The number of halogens is 6. The first-order valence-electron chi connectivity index (χ1n) is 15.3. The van der Waals surface area contributed by atoms with Crippen LogP contribution in [0.1, 0.15) is 54.3 Å². The average Bonchev–Trinajstić information content (AvgIpc) is 3.14. The summed E-state index contributed by atoms with van der Waals surface area (Å²) < 4.78 is 1.41. The fourth-order valence-electron chi connectivity index (χ4n) is 4.39. The van der Waals surface area contributed by atoms with Crippen molar-refractivity contribution in [1.82, 2.24) is 20.6 Å². The number of aliphatic hydroxyl groups is 5. The standard InChI is InChI=1S/C30H34I6N6O12/c1-41(29(52)17-19(31)16(28(51)38-8-12(47)9-44)22(34)25(23(17)35)39-13(48)10-45)5-2-4-37-27(50)15-20(32)18(30(53)42(54)6-3-7-43)24(36)26(21(15)33)40-14(49)11-46/h12,43-47,54H,2-11H2,1H3,(H,37,50)(H,38,51)(H,39,48)(H,40,49). The Balaban J connectivity index is 2.40. The fourth-order valence-corrected chi connectivity index (χ4v) is 13.2. The Morgan fingerprint density at radius 1 is 0.630 bits per heavy atom. The number of nitrogens with zero attached hydrogens (tertiary/aromatic N) is 2. The smallest absolute Gasteiger partial charge is 0.279 e. The number of hydrogen-bond acceptors (Lipinski definition) is 12. The summed E-state index contributed by atoms with van der Waals surface area (Å²) in [5, 5.41) is 67.7. The number of hydroxylamine groups is 2. The Bertz CT molecular complexity index is 1790. The molecular weight excluding hydrogens is 1400 g/mol. The number of aliphatic hydroxyl groups excluding tert-OH is 5. The van der Waals surface area contributed by atoms with Crippen molar-refractivity contribution in [3.63, 3.8) is 0 Å². The number of carbonyl (C=O) groups is 6. The maximum absolute atomic E-state index is 13.9. The number of nitrogens with one attached hydrogen (secondary N) is 4. The van der Waals surface area contributed by atoms with E-state index in [1.807, 2.05) is 90.4 Å². The van der Waals surface area contributed by atoms with Gasteiger partial charge in [0.25, 0.3) is 23.6 Å². The summed E-state index contributed by atoms with van der Waals surface area (Å²) in [6.07, 6.45) is -0.942. The molecule has 298 valence electrons. The molecule has 0 aliphatic heterocycles. The van der Waals surface area contributed by atoms with Gasteiger partial charge in [-0.2, -0.15) is 0 Å². The van der Waals surface area contributed by atoms with Crippen LogP contribution < -0.4 is 21.3 Å². The van der Waals surface area contributed by atoms with E-state index in [1.54, 1.807) is 45.2 Å². The van der Waals surface area contributed by atoms with Crippen molar-refractivity contribution < 1.29 is 59.5 Å². The highest BCUT2D eigenvalue weighted by atomic mass is 127. The van der Waals surface area contributed by atoms with Crippen LogP contribution in [-0.2, 0) is 9.59 Å². The molecule has 2 rings (SSSR count). The second-order valence-electron chi connectivity index (χ2n) is 10.9. The van der Waals surface area contributed by atoms with Gasteiger partial charge in [-0.15, -0.1) is 0 Å². The number of amides is 6. The topological polar surface area (TPSA) is 278 Å². The first-order chi connectivity index (χ1) is 25.4. The van der Waals surface area contributed by atoms with E-state index in [-0.39, 0.29) is 101 Å². The molecule has 2 aromatic carbocycles. The summed E-state index contributed by atoms with van der Waals surface area (Å²) in [7, 11) is 1.49. The molecule has 0 spiro atoms. The molecule has 18 nitrogen and oxygen atoms in total. The molecule has 54 heavy (non-hydrogen) atoms. The SMILES string of the molecule is CN(CCCNC(=O)c1c(I)c(NC(=O)CO)c(I)c(C(=O)N(O)CCCO)c1I)C(=O)c1c(I)c(NC(=O)CO)c(I)c(C(=O)NCC(O)CO)c1I. The van der Waals surface area contributed by atoms with Crippen molar-refractivity contribution >= 4 is 182 Å². The molecular formula is C30H34I6N6O12. The molecule has 6 amide bonds. The van der Waals surface area contributed by atoms with Gasteiger partial charge in [0.2, 0.25) is 11.8 Å². The second-order valence-corrected chi connectivity index (χ2v) is 17.4. The molecule has 0 saturated carbocycles. The average molecular weight is 1430 g/mol. The van der Waals surface area contributed by atoms with Crippen molar-refractivity contribution in [3.8, 4) is 0 Å². The zero-order valence-corrected chi connectivity index (χ0v) is 40.9. The number of carbonyl (C=O) groups excluding carboxylic acids is 6. The summed E-state index contributed by atoms with van der Waals surface area (Å²) in [5.74, 6) is -4.35. The highest BCUT2D eigenvalue weighted by Crippen LogP contribution is 2.38. The zero-order chi connectivity index (χ0) is 41.0. The third-order valence-corrected chi connectivity index (χ3v) is 13.6. The van der Waals surface area contributed by atoms with E-state index >= 15 is 0 Å². The van der Waals surface area contributed by atoms with Crippen molar-refractivity contribution in [1.29, 1.82) is 0 Å². The minimum Gasteiger partial charge on any atom is -0.396 e. The molecule has 10 N–H and O–H groups in total. The normalized spacial score (nSPS) is 11.4. The Labute approximate surface area is 390 Å². The van der Waals surface area contributed by atoms with Crippen LogP contribution in [0.15, 0.2) is 0 Å². The van der Waals surface area contributed by atoms with E-state index in [2.05, 4.69) is 21.3 Å². The zero-order valence-electron chi connectivity index (χ0n) is 27.9. The van der Waals surface area contributed by atoms with E-state index in [0.29, 0.717) is 5.06 Å². The Kier molecular flexibility index (Phi) is 21.8. The minimum atomic E-state index is -1.24. The Morgan fingerprint density at radius 2 is 1.07 bits per heavy atom. The predicted octanol–water partition coefficient (Wildman–Crippen LogP) is 1.36. The molecule has 2 aromatic rings. The quantitative estimate of drug-likeness (QED) is 0.0439. The Hall–Kier alpha value is -0.600. The van der Waals surface area contributed by atoms with Gasteiger partial charge in [-0.1, -0.05) is 0 Å². The monoisotopic (exact) mass is 1430 g/mol. The van der Waals surface area contributed by atoms with Crippen molar-refractivity contribution in [2.45, 2.75) is 18.9 Å². The Morgan fingerprint density at radius 3 is 1.52 bits per heavy atom. The summed E-state index contributed by atoms with van der Waals surface area (Å²) in [4.78, 5) is 79.6. The predicted molar refractivity (Wildman–Crippen MR) is 244 cm³/mol. The summed E-state index contributed by atoms with van der Waals surface area (Å²) in [5.41, 5.74) is 0.184. The van der Waals surface area contributed by atoms with Gasteiger partial charge in [0, 0.05) is 40.4 Å². The molecule has 24 heteroatoms. The van der Waals surface area contributed by atoms with Gasteiger partial charge >= 0.3 is 0 Å².